The van der Waals surface area contributed by atoms with Crippen LogP contribution in [0.1, 0.15) is 26.7 Å². The van der Waals surface area contributed by atoms with Crippen LogP contribution in [0.2, 0.25) is 0 Å². The van der Waals surface area contributed by atoms with Crippen LogP contribution >= 0.6 is 0 Å². The summed E-state index contributed by atoms with van der Waals surface area (Å²) in [7, 11) is 3.72. The highest BCUT2D eigenvalue weighted by atomic mass is 16.2. The Labute approximate surface area is 150 Å². The zero-order valence-corrected chi connectivity index (χ0v) is 15.8. The zero-order valence-electron chi connectivity index (χ0n) is 15.8. The fourth-order valence-electron chi connectivity index (χ4n) is 3.91. The number of hydrogen-bond donors (Lipinski definition) is 0. The number of carbonyl (C=O) groups is 3. The number of urea groups is 1. The quantitative estimate of drug-likeness (QED) is 0.561. The molecule has 2 heterocycles. The lowest BCUT2D eigenvalue weighted by atomic mass is 9.87. The van der Waals surface area contributed by atoms with Gasteiger partial charge in [0.05, 0.1) is 12.7 Å². The fourth-order valence-corrected chi connectivity index (χ4v) is 3.91. The monoisotopic (exact) mass is 350 g/mol. The molecule has 0 aromatic rings. The summed E-state index contributed by atoms with van der Waals surface area (Å²) in [6, 6.07) is -0.501. The standard InChI is InChI=1S/C18H30N4O3/c1-6-16(24)22-12-18(19(4)13-22)7-9-21(10-8-18)17(25)20(5)15(11-23)14(2)3/h6,11,14-15H,1,7-10,12-13H2,2-5H3/t15-/m1/s1. The van der Waals surface area contributed by atoms with Crippen molar-refractivity contribution >= 4 is 18.2 Å². The number of likely N-dealkylation sites (tertiary alicyclic amines) is 1. The molecular weight excluding hydrogens is 320 g/mol. The van der Waals surface area contributed by atoms with Gasteiger partial charge < -0.3 is 19.5 Å². The molecule has 3 amide bonds. The molecule has 0 bridgehead atoms. The third kappa shape index (κ3) is 3.71. The molecule has 0 aromatic heterocycles. The van der Waals surface area contributed by atoms with Gasteiger partial charge in [0, 0.05) is 32.2 Å². The molecule has 0 aliphatic carbocycles. The van der Waals surface area contributed by atoms with Gasteiger partial charge in [-0.25, -0.2) is 4.79 Å². The third-order valence-corrected chi connectivity index (χ3v) is 5.70. The minimum atomic E-state index is -0.404. The van der Waals surface area contributed by atoms with Crippen LogP contribution in [0.4, 0.5) is 4.79 Å². The first-order valence-corrected chi connectivity index (χ1v) is 8.85. The molecule has 7 heteroatoms. The van der Waals surface area contributed by atoms with Crippen molar-refractivity contribution in [3.05, 3.63) is 12.7 Å². The second-order valence-electron chi connectivity index (χ2n) is 7.56. The molecule has 0 N–H and O–H groups in total. The number of piperidine rings is 1. The highest BCUT2D eigenvalue weighted by molar-refractivity contribution is 5.87. The van der Waals surface area contributed by atoms with Crippen LogP contribution in [0.25, 0.3) is 0 Å². The molecule has 2 aliphatic heterocycles. The highest BCUT2D eigenvalue weighted by Gasteiger charge is 2.46. The van der Waals surface area contributed by atoms with Gasteiger partial charge >= 0.3 is 6.03 Å². The first kappa shape index (κ1) is 19.4. The Morgan fingerprint density at radius 2 is 1.80 bits per heavy atom. The van der Waals surface area contributed by atoms with Gasteiger partial charge in [-0.2, -0.15) is 0 Å². The SMILES string of the molecule is C=CC(=O)N1CN(C)C2(CCN(C(=O)N(C)[C@H](C=O)C(C)C)CC2)C1. The molecule has 1 spiro atoms. The Morgan fingerprint density at radius 1 is 1.20 bits per heavy atom. The molecule has 2 fully saturated rings. The summed E-state index contributed by atoms with van der Waals surface area (Å²) in [6.45, 7) is 9.97. The van der Waals surface area contributed by atoms with E-state index < -0.39 is 6.04 Å². The number of carbonyl (C=O) groups excluding carboxylic acids is 3. The average Bonchev–Trinajstić information content (AvgIpc) is 2.91. The van der Waals surface area contributed by atoms with Gasteiger partial charge in [0.2, 0.25) is 5.91 Å². The molecule has 25 heavy (non-hydrogen) atoms. The first-order valence-electron chi connectivity index (χ1n) is 8.85. The molecule has 0 aromatic carbocycles. The van der Waals surface area contributed by atoms with Gasteiger partial charge in [0.1, 0.15) is 6.29 Å². The molecule has 2 aliphatic rings. The lowest BCUT2D eigenvalue weighted by Crippen LogP contribution is -2.57. The van der Waals surface area contributed by atoms with Crippen molar-refractivity contribution in [3.63, 3.8) is 0 Å². The van der Waals surface area contributed by atoms with Crippen LogP contribution in [-0.2, 0) is 9.59 Å². The van der Waals surface area contributed by atoms with E-state index in [4.69, 9.17) is 0 Å². The van der Waals surface area contributed by atoms with Crippen molar-refractivity contribution in [3.8, 4) is 0 Å². The summed E-state index contributed by atoms with van der Waals surface area (Å²) in [5.74, 6) is 0.0368. The number of amides is 3. The Kier molecular flexibility index (Phi) is 5.87. The molecule has 0 radical (unpaired) electrons. The van der Waals surface area contributed by atoms with Gasteiger partial charge in [0.15, 0.2) is 0 Å². The molecule has 0 unspecified atom stereocenters. The molecular formula is C18H30N4O3. The first-order chi connectivity index (χ1) is 11.8. The maximum atomic E-state index is 12.7. The molecule has 2 rings (SSSR count). The van der Waals surface area contributed by atoms with E-state index in [-0.39, 0.29) is 23.4 Å². The number of likely N-dealkylation sites (N-methyl/N-ethyl adjacent to an activating group) is 2. The van der Waals surface area contributed by atoms with E-state index in [1.54, 1.807) is 16.8 Å². The molecule has 2 saturated heterocycles. The largest absolute Gasteiger partial charge is 0.325 e. The van der Waals surface area contributed by atoms with Gasteiger partial charge in [-0.1, -0.05) is 20.4 Å². The van der Waals surface area contributed by atoms with Crippen LogP contribution in [-0.4, -0.2) is 89.8 Å². The number of rotatable bonds is 4. The molecule has 140 valence electrons. The summed E-state index contributed by atoms with van der Waals surface area (Å²) in [6.07, 6.45) is 3.83. The normalized spacial score (nSPS) is 21.5. The minimum Gasteiger partial charge on any atom is -0.325 e. The second kappa shape index (κ2) is 7.56. The van der Waals surface area contributed by atoms with E-state index in [1.165, 1.54) is 6.08 Å². The summed E-state index contributed by atoms with van der Waals surface area (Å²) < 4.78 is 0. The highest BCUT2D eigenvalue weighted by Crippen LogP contribution is 2.34. The van der Waals surface area contributed by atoms with Crippen molar-refractivity contribution in [2.24, 2.45) is 5.92 Å². The van der Waals surface area contributed by atoms with E-state index in [2.05, 4.69) is 11.5 Å². The van der Waals surface area contributed by atoms with Crippen LogP contribution < -0.4 is 0 Å². The number of aldehydes is 1. The Hall–Kier alpha value is -1.89. The molecule has 0 saturated carbocycles. The van der Waals surface area contributed by atoms with Crippen molar-refractivity contribution in [2.45, 2.75) is 38.3 Å². The van der Waals surface area contributed by atoms with Crippen molar-refractivity contribution < 1.29 is 14.4 Å². The topological polar surface area (TPSA) is 64.2 Å². The number of hydrogen-bond acceptors (Lipinski definition) is 4. The number of nitrogens with zero attached hydrogens (tertiary/aromatic N) is 4. The van der Waals surface area contributed by atoms with Crippen molar-refractivity contribution in [1.82, 2.24) is 19.6 Å². The van der Waals surface area contributed by atoms with Crippen molar-refractivity contribution in [2.75, 3.05) is 40.4 Å². The van der Waals surface area contributed by atoms with Gasteiger partial charge in [-0.15, -0.1) is 0 Å². The van der Waals surface area contributed by atoms with Gasteiger partial charge in [-0.05, 0) is 31.9 Å². The van der Waals surface area contributed by atoms with E-state index >= 15 is 0 Å². The summed E-state index contributed by atoms with van der Waals surface area (Å²) >= 11 is 0. The van der Waals surface area contributed by atoms with Crippen LogP contribution in [0.5, 0.6) is 0 Å². The van der Waals surface area contributed by atoms with E-state index in [0.29, 0.717) is 26.3 Å². The van der Waals surface area contributed by atoms with E-state index in [9.17, 15) is 14.4 Å². The minimum absolute atomic E-state index is 0.0484. The lowest BCUT2D eigenvalue weighted by molar-refractivity contribution is -0.125. The van der Waals surface area contributed by atoms with Crippen LogP contribution in [0, 0.1) is 5.92 Å². The van der Waals surface area contributed by atoms with Crippen LogP contribution in [0.15, 0.2) is 12.7 Å². The maximum Gasteiger partial charge on any atom is 0.320 e. The third-order valence-electron chi connectivity index (χ3n) is 5.70. The van der Waals surface area contributed by atoms with Gasteiger partial charge in [0.25, 0.3) is 0 Å². The fraction of sp³-hybridized carbons (Fsp3) is 0.722. The summed E-state index contributed by atoms with van der Waals surface area (Å²) in [5.41, 5.74) is -0.0733. The predicted octanol–water partition coefficient (Wildman–Crippen LogP) is 1.01. The Balaban J connectivity index is 1.99. The average molecular weight is 350 g/mol. The van der Waals surface area contributed by atoms with Crippen molar-refractivity contribution in [1.29, 1.82) is 0 Å². The molecule has 1 atom stereocenters. The van der Waals surface area contributed by atoms with Crippen LogP contribution in [0.3, 0.4) is 0 Å². The summed E-state index contributed by atoms with van der Waals surface area (Å²) in [4.78, 5) is 43.3. The smallest absolute Gasteiger partial charge is 0.320 e. The Morgan fingerprint density at radius 3 is 2.28 bits per heavy atom. The molecule has 7 nitrogen and oxygen atoms in total. The van der Waals surface area contributed by atoms with Gasteiger partial charge in [-0.3, -0.25) is 9.69 Å². The van der Waals surface area contributed by atoms with E-state index in [1.807, 2.05) is 25.8 Å². The maximum absolute atomic E-state index is 12.7. The Bertz CT molecular complexity index is 540. The lowest BCUT2D eigenvalue weighted by Gasteiger charge is -2.44. The second-order valence-corrected chi connectivity index (χ2v) is 7.56. The predicted molar refractivity (Wildman–Crippen MR) is 95.9 cm³/mol. The zero-order chi connectivity index (χ0) is 18.8. The van der Waals surface area contributed by atoms with E-state index in [0.717, 1.165) is 19.1 Å². The summed E-state index contributed by atoms with van der Waals surface area (Å²) in [5, 5.41) is 0.